The Hall–Kier alpha value is -2.36. The predicted molar refractivity (Wildman–Crippen MR) is 90.9 cm³/mol. The van der Waals surface area contributed by atoms with E-state index in [-0.39, 0.29) is 5.91 Å². The zero-order valence-electron chi connectivity index (χ0n) is 13.8. The molecule has 1 heterocycles. The van der Waals surface area contributed by atoms with Crippen LogP contribution in [0.4, 0.5) is 5.69 Å². The first-order valence-electron chi connectivity index (χ1n) is 7.47. The number of aromatic nitrogens is 2. The maximum Gasteiger partial charge on any atom is 0.248 e. The molecule has 1 aromatic heterocycles. The van der Waals surface area contributed by atoms with Crippen LogP contribution in [0, 0.1) is 13.8 Å². The molecular weight excluding hydrogens is 274 g/mol. The Morgan fingerprint density at radius 1 is 1.23 bits per heavy atom. The molecule has 22 heavy (non-hydrogen) atoms. The maximum absolute atomic E-state index is 12.0. The molecular formula is C18H23N3O. The second kappa shape index (κ2) is 6.60. The molecule has 0 spiro atoms. The fourth-order valence-corrected chi connectivity index (χ4v) is 2.33. The zero-order chi connectivity index (χ0) is 16.3. The third kappa shape index (κ3) is 3.64. The highest BCUT2D eigenvalue weighted by molar-refractivity contribution is 6.02. The molecule has 0 unspecified atom stereocenters. The minimum atomic E-state index is -0.139. The van der Waals surface area contributed by atoms with Crippen molar-refractivity contribution in [3.8, 4) is 0 Å². The summed E-state index contributed by atoms with van der Waals surface area (Å²) in [7, 11) is 1.90. The average molecular weight is 297 g/mol. The van der Waals surface area contributed by atoms with E-state index in [0.717, 1.165) is 22.6 Å². The lowest BCUT2D eigenvalue weighted by Crippen LogP contribution is -2.07. The monoisotopic (exact) mass is 297 g/mol. The Balaban J connectivity index is 2.05. The molecule has 1 aromatic carbocycles. The second-order valence-corrected chi connectivity index (χ2v) is 5.81. The number of benzene rings is 1. The van der Waals surface area contributed by atoms with E-state index >= 15 is 0 Å². The number of amides is 1. The Kier molecular flexibility index (Phi) is 4.81. The van der Waals surface area contributed by atoms with Crippen LogP contribution >= 0.6 is 0 Å². The van der Waals surface area contributed by atoms with Gasteiger partial charge in [-0.25, -0.2) is 0 Å². The summed E-state index contributed by atoms with van der Waals surface area (Å²) >= 11 is 0. The molecule has 0 radical (unpaired) electrons. The number of hydrogen-bond acceptors (Lipinski definition) is 2. The van der Waals surface area contributed by atoms with Crippen molar-refractivity contribution in [1.29, 1.82) is 0 Å². The van der Waals surface area contributed by atoms with Gasteiger partial charge in [0.2, 0.25) is 5.91 Å². The van der Waals surface area contributed by atoms with Crippen LogP contribution in [-0.4, -0.2) is 15.7 Å². The number of aryl methyl sites for hydroxylation is 2. The van der Waals surface area contributed by atoms with Crippen molar-refractivity contribution in [3.63, 3.8) is 0 Å². The molecule has 1 amide bonds. The number of anilines is 1. The molecule has 0 saturated carbocycles. The van der Waals surface area contributed by atoms with Crippen LogP contribution in [-0.2, 0) is 11.8 Å². The van der Waals surface area contributed by atoms with Crippen molar-refractivity contribution in [2.75, 3.05) is 5.32 Å². The van der Waals surface area contributed by atoms with E-state index in [4.69, 9.17) is 0 Å². The van der Waals surface area contributed by atoms with E-state index in [0.29, 0.717) is 5.92 Å². The maximum atomic E-state index is 12.0. The summed E-state index contributed by atoms with van der Waals surface area (Å²) in [6.07, 6.45) is 3.36. The number of hydrogen-bond donors (Lipinski definition) is 1. The normalized spacial score (nSPS) is 11.4. The lowest BCUT2D eigenvalue weighted by atomic mass is 10.0. The molecule has 0 fully saturated rings. The molecule has 0 bridgehead atoms. The zero-order valence-corrected chi connectivity index (χ0v) is 13.8. The van der Waals surface area contributed by atoms with Gasteiger partial charge < -0.3 is 5.32 Å². The third-order valence-electron chi connectivity index (χ3n) is 3.81. The summed E-state index contributed by atoms with van der Waals surface area (Å²) in [5.74, 6) is 0.348. The Labute approximate surface area is 131 Å². The minimum absolute atomic E-state index is 0.139. The molecule has 0 aliphatic carbocycles. The van der Waals surface area contributed by atoms with Crippen molar-refractivity contribution >= 4 is 17.7 Å². The van der Waals surface area contributed by atoms with Crippen molar-refractivity contribution < 1.29 is 4.79 Å². The highest BCUT2D eigenvalue weighted by Gasteiger charge is 2.06. The first-order valence-corrected chi connectivity index (χ1v) is 7.47. The van der Waals surface area contributed by atoms with Gasteiger partial charge >= 0.3 is 0 Å². The smallest absolute Gasteiger partial charge is 0.248 e. The van der Waals surface area contributed by atoms with Gasteiger partial charge in [0.1, 0.15) is 0 Å². The summed E-state index contributed by atoms with van der Waals surface area (Å²) < 4.78 is 1.82. The summed E-state index contributed by atoms with van der Waals surface area (Å²) in [6, 6.07) is 7.95. The Morgan fingerprint density at radius 3 is 2.36 bits per heavy atom. The first kappa shape index (κ1) is 16.0. The van der Waals surface area contributed by atoms with Gasteiger partial charge in [-0.3, -0.25) is 9.48 Å². The molecule has 1 N–H and O–H groups in total. The van der Waals surface area contributed by atoms with Gasteiger partial charge in [-0.2, -0.15) is 5.10 Å². The lowest BCUT2D eigenvalue weighted by Gasteiger charge is -2.07. The molecule has 0 saturated heterocycles. The van der Waals surface area contributed by atoms with E-state index in [2.05, 4.69) is 24.3 Å². The van der Waals surface area contributed by atoms with Crippen molar-refractivity contribution in [2.45, 2.75) is 33.6 Å². The molecule has 116 valence electrons. The van der Waals surface area contributed by atoms with Crippen LogP contribution in [0.3, 0.4) is 0 Å². The minimum Gasteiger partial charge on any atom is -0.323 e. The van der Waals surface area contributed by atoms with Gasteiger partial charge in [0, 0.05) is 30.1 Å². The van der Waals surface area contributed by atoms with E-state index in [1.165, 1.54) is 5.56 Å². The second-order valence-electron chi connectivity index (χ2n) is 5.81. The highest BCUT2D eigenvalue weighted by Crippen LogP contribution is 2.17. The fourth-order valence-electron chi connectivity index (χ4n) is 2.33. The number of rotatable bonds is 4. The lowest BCUT2D eigenvalue weighted by molar-refractivity contribution is -0.111. The molecule has 0 aliphatic heterocycles. The average Bonchev–Trinajstić information content (AvgIpc) is 2.70. The van der Waals surface area contributed by atoms with Crippen LogP contribution in [0.15, 0.2) is 30.3 Å². The van der Waals surface area contributed by atoms with Crippen molar-refractivity contribution in [3.05, 3.63) is 52.9 Å². The fraction of sp³-hybridized carbons (Fsp3) is 0.333. The predicted octanol–water partition coefficient (Wildman–Crippen LogP) is 3.81. The highest BCUT2D eigenvalue weighted by atomic mass is 16.1. The van der Waals surface area contributed by atoms with Crippen LogP contribution < -0.4 is 5.32 Å². The Morgan fingerprint density at radius 2 is 1.86 bits per heavy atom. The number of carbonyl (C=O) groups excluding carboxylic acids is 1. The largest absolute Gasteiger partial charge is 0.323 e. The van der Waals surface area contributed by atoms with Crippen LogP contribution in [0.5, 0.6) is 0 Å². The van der Waals surface area contributed by atoms with E-state index < -0.39 is 0 Å². The SMILES string of the molecule is Cc1nn(C)c(C)c1/C=C/C(=O)Nc1ccc(C(C)C)cc1. The molecule has 0 atom stereocenters. The molecule has 4 nitrogen and oxygen atoms in total. The number of carbonyl (C=O) groups is 1. The third-order valence-corrected chi connectivity index (χ3v) is 3.81. The van der Waals surface area contributed by atoms with Crippen LogP contribution in [0.1, 0.15) is 42.3 Å². The van der Waals surface area contributed by atoms with Crippen LogP contribution in [0.25, 0.3) is 6.08 Å². The quantitative estimate of drug-likeness (QED) is 0.872. The van der Waals surface area contributed by atoms with Crippen molar-refractivity contribution in [2.24, 2.45) is 7.05 Å². The number of nitrogens with one attached hydrogen (secondary N) is 1. The summed E-state index contributed by atoms with van der Waals surface area (Å²) in [5, 5.41) is 7.20. The Bertz CT molecular complexity index is 694. The van der Waals surface area contributed by atoms with Gasteiger partial charge in [0.15, 0.2) is 0 Å². The first-order chi connectivity index (χ1) is 10.4. The summed E-state index contributed by atoms with van der Waals surface area (Å²) in [6.45, 7) is 8.22. The van der Waals surface area contributed by atoms with Gasteiger partial charge in [-0.15, -0.1) is 0 Å². The topological polar surface area (TPSA) is 46.9 Å². The van der Waals surface area contributed by atoms with Gasteiger partial charge in [-0.05, 0) is 43.5 Å². The molecule has 4 heteroatoms. The summed E-state index contributed by atoms with van der Waals surface area (Å²) in [5.41, 5.74) is 5.02. The molecule has 0 aliphatic rings. The van der Waals surface area contributed by atoms with Crippen LogP contribution in [0.2, 0.25) is 0 Å². The van der Waals surface area contributed by atoms with Gasteiger partial charge in [-0.1, -0.05) is 26.0 Å². The standard InChI is InChI=1S/C18H23N3O/c1-12(2)15-6-8-16(9-7-15)19-18(22)11-10-17-13(3)20-21(5)14(17)4/h6-12H,1-5H3,(H,19,22)/b11-10+. The van der Waals surface area contributed by atoms with E-state index in [9.17, 15) is 4.79 Å². The molecule has 2 aromatic rings. The molecule has 2 rings (SSSR count). The van der Waals surface area contributed by atoms with Gasteiger partial charge in [0.05, 0.1) is 5.69 Å². The number of nitrogens with zero attached hydrogens (tertiary/aromatic N) is 2. The summed E-state index contributed by atoms with van der Waals surface area (Å²) in [4.78, 5) is 12.0. The van der Waals surface area contributed by atoms with Gasteiger partial charge in [0.25, 0.3) is 0 Å². The van der Waals surface area contributed by atoms with Crippen molar-refractivity contribution in [1.82, 2.24) is 9.78 Å². The van der Waals surface area contributed by atoms with E-state index in [1.807, 2.05) is 55.9 Å². The van der Waals surface area contributed by atoms with E-state index in [1.54, 1.807) is 6.08 Å².